The van der Waals surface area contributed by atoms with Crippen LogP contribution in [-0.2, 0) is 19.0 Å². The second kappa shape index (κ2) is 8.64. The third-order valence-electron chi connectivity index (χ3n) is 5.13. The molecule has 168 valence electrons. The number of oxazole rings is 1. The maximum absolute atomic E-state index is 13.9. The zero-order valence-corrected chi connectivity index (χ0v) is 16.8. The molecule has 0 saturated heterocycles. The number of amides is 1. The Kier molecular flexibility index (Phi) is 5.90. The van der Waals surface area contributed by atoms with E-state index in [9.17, 15) is 22.4 Å². The second-order valence-corrected chi connectivity index (χ2v) is 7.61. The van der Waals surface area contributed by atoms with Crippen molar-refractivity contribution in [1.82, 2.24) is 19.9 Å². The molecular weight excluding hydrogens is 430 g/mol. The molecule has 1 amide bonds. The van der Waals surface area contributed by atoms with Gasteiger partial charge in [-0.3, -0.25) is 14.8 Å². The minimum Gasteiger partial charge on any atom is -0.441 e. The number of aromatic nitrogens is 4. The summed E-state index contributed by atoms with van der Waals surface area (Å²) in [5, 5.41) is 0. The predicted octanol–water partition coefficient (Wildman–Crippen LogP) is 4.23. The highest BCUT2D eigenvalue weighted by molar-refractivity contribution is 5.90. The lowest BCUT2D eigenvalue weighted by Crippen LogP contribution is -2.17. The molecule has 32 heavy (non-hydrogen) atoms. The maximum Gasteiger partial charge on any atom is 0.434 e. The number of hydrogen-bond donors (Lipinski definition) is 1. The average Bonchev–Trinajstić information content (AvgIpc) is 3.52. The Morgan fingerprint density at radius 1 is 1.09 bits per heavy atom. The summed E-state index contributed by atoms with van der Waals surface area (Å²) in [4.78, 5) is 25.2. The molecule has 7 nitrogen and oxygen atoms in total. The highest BCUT2D eigenvalue weighted by atomic mass is 19.4. The summed E-state index contributed by atoms with van der Waals surface area (Å²) in [5.41, 5.74) is 5.41. The fourth-order valence-electron chi connectivity index (χ4n) is 3.31. The van der Waals surface area contributed by atoms with Crippen LogP contribution in [0, 0.1) is 5.82 Å². The van der Waals surface area contributed by atoms with Crippen LogP contribution in [0.5, 0.6) is 0 Å². The van der Waals surface area contributed by atoms with Gasteiger partial charge in [0.15, 0.2) is 11.5 Å². The highest BCUT2D eigenvalue weighted by Crippen LogP contribution is 2.40. The SMILES string of the molecule is Fc1cnc(C2CC2)cc1-c1nc2c(o1)CCCC2.NC(=O)c1cncc(C(F)(F)F)n1. The number of alkyl halides is 3. The van der Waals surface area contributed by atoms with Crippen LogP contribution in [0.2, 0.25) is 0 Å². The first kappa shape index (κ1) is 21.8. The van der Waals surface area contributed by atoms with Crippen LogP contribution in [0.15, 0.2) is 29.1 Å². The molecule has 0 bridgehead atoms. The van der Waals surface area contributed by atoms with Gasteiger partial charge in [0.1, 0.15) is 11.5 Å². The van der Waals surface area contributed by atoms with Crippen LogP contribution >= 0.6 is 0 Å². The first-order valence-corrected chi connectivity index (χ1v) is 10.1. The molecule has 11 heteroatoms. The Hall–Kier alpha value is -3.37. The van der Waals surface area contributed by atoms with Crippen molar-refractivity contribution in [3.8, 4) is 11.5 Å². The van der Waals surface area contributed by atoms with Gasteiger partial charge in [-0.25, -0.2) is 14.4 Å². The van der Waals surface area contributed by atoms with Crippen LogP contribution in [0.1, 0.15) is 64.9 Å². The summed E-state index contributed by atoms with van der Waals surface area (Å²) in [6.07, 6.45) is 4.53. The van der Waals surface area contributed by atoms with Crippen molar-refractivity contribution in [2.45, 2.75) is 50.6 Å². The van der Waals surface area contributed by atoms with Crippen LogP contribution in [0.25, 0.3) is 11.5 Å². The van der Waals surface area contributed by atoms with Gasteiger partial charge in [0, 0.05) is 18.0 Å². The summed E-state index contributed by atoms with van der Waals surface area (Å²) in [6, 6.07) is 1.81. The van der Waals surface area contributed by atoms with E-state index in [4.69, 9.17) is 10.2 Å². The lowest BCUT2D eigenvalue weighted by molar-refractivity contribution is -0.141. The number of rotatable bonds is 3. The largest absolute Gasteiger partial charge is 0.441 e. The molecule has 0 unspecified atom stereocenters. The monoisotopic (exact) mass is 449 g/mol. The number of fused-ring (bicyclic) bond motifs is 1. The van der Waals surface area contributed by atoms with Crippen molar-refractivity contribution in [3.05, 3.63) is 59.0 Å². The number of carbonyl (C=O) groups is 1. The molecule has 0 atom stereocenters. The third-order valence-corrected chi connectivity index (χ3v) is 5.13. The number of nitrogens with zero attached hydrogens (tertiary/aromatic N) is 4. The molecule has 3 heterocycles. The summed E-state index contributed by atoms with van der Waals surface area (Å²) in [5.74, 6) is 0.477. The molecule has 3 aromatic heterocycles. The van der Waals surface area contributed by atoms with E-state index < -0.39 is 23.5 Å². The molecule has 5 rings (SSSR count). The van der Waals surface area contributed by atoms with Gasteiger partial charge < -0.3 is 10.2 Å². The van der Waals surface area contributed by atoms with Crippen molar-refractivity contribution >= 4 is 5.91 Å². The van der Waals surface area contributed by atoms with E-state index in [1.807, 2.05) is 6.07 Å². The Morgan fingerprint density at radius 3 is 2.50 bits per heavy atom. The Morgan fingerprint density at radius 2 is 1.84 bits per heavy atom. The zero-order chi connectivity index (χ0) is 22.9. The average molecular weight is 449 g/mol. The third kappa shape index (κ3) is 4.92. The van der Waals surface area contributed by atoms with Crippen molar-refractivity contribution in [2.75, 3.05) is 0 Å². The van der Waals surface area contributed by atoms with E-state index in [2.05, 4.69) is 19.9 Å². The lowest BCUT2D eigenvalue weighted by Gasteiger charge is -2.05. The normalized spacial score (nSPS) is 15.5. The fourth-order valence-corrected chi connectivity index (χ4v) is 3.31. The topological polar surface area (TPSA) is 108 Å². The first-order valence-electron chi connectivity index (χ1n) is 10.1. The first-order chi connectivity index (χ1) is 15.2. The molecule has 2 aliphatic rings. The molecule has 0 spiro atoms. The van der Waals surface area contributed by atoms with Crippen molar-refractivity contribution in [1.29, 1.82) is 0 Å². The summed E-state index contributed by atoms with van der Waals surface area (Å²) in [6.45, 7) is 0. The second-order valence-electron chi connectivity index (χ2n) is 7.61. The number of halogens is 4. The minimum atomic E-state index is -4.61. The highest BCUT2D eigenvalue weighted by Gasteiger charge is 2.33. The maximum atomic E-state index is 13.9. The fraction of sp³-hybridized carbons (Fsp3) is 0.381. The van der Waals surface area contributed by atoms with Gasteiger partial charge in [0.2, 0.25) is 5.89 Å². The van der Waals surface area contributed by atoms with E-state index in [0.29, 0.717) is 23.6 Å². The molecule has 2 aliphatic carbocycles. The van der Waals surface area contributed by atoms with Gasteiger partial charge in [-0.15, -0.1) is 0 Å². The zero-order valence-electron chi connectivity index (χ0n) is 16.8. The van der Waals surface area contributed by atoms with E-state index in [0.717, 1.165) is 61.9 Å². The van der Waals surface area contributed by atoms with Gasteiger partial charge >= 0.3 is 6.18 Å². The van der Waals surface area contributed by atoms with Crippen LogP contribution in [0.3, 0.4) is 0 Å². The van der Waals surface area contributed by atoms with Crippen molar-refractivity contribution in [2.24, 2.45) is 5.73 Å². The Bertz CT molecular complexity index is 1120. The Labute approximate surface area is 180 Å². The number of aryl methyl sites for hydroxylation is 2. The molecule has 0 aromatic carbocycles. The van der Waals surface area contributed by atoms with E-state index in [1.54, 1.807) is 0 Å². The molecule has 1 fully saturated rings. The minimum absolute atomic E-state index is 0.344. The van der Waals surface area contributed by atoms with Crippen molar-refractivity contribution in [3.63, 3.8) is 0 Å². The summed E-state index contributed by atoms with van der Waals surface area (Å²) < 4.78 is 55.6. The number of hydrogen-bond acceptors (Lipinski definition) is 6. The quantitative estimate of drug-likeness (QED) is 0.600. The molecule has 1 saturated carbocycles. The lowest BCUT2D eigenvalue weighted by atomic mass is 10.0. The molecular formula is C21H19F4N5O2. The molecule has 0 radical (unpaired) electrons. The summed E-state index contributed by atoms with van der Waals surface area (Å²) >= 11 is 0. The standard InChI is InChI=1S/C15H15FN2O.C6H4F3N3O/c16-11-8-17-13(9-5-6-9)7-10(11)15-18-12-3-1-2-4-14(12)19-15;7-6(8,9)4-2-11-1-3(12-4)5(10)13/h7-9H,1-6H2;1-2H,(H2,10,13). The van der Waals surface area contributed by atoms with E-state index in [-0.39, 0.29) is 5.82 Å². The smallest absolute Gasteiger partial charge is 0.434 e. The van der Waals surface area contributed by atoms with E-state index in [1.165, 1.54) is 6.20 Å². The van der Waals surface area contributed by atoms with Gasteiger partial charge in [-0.1, -0.05) is 0 Å². The van der Waals surface area contributed by atoms with Gasteiger partial charge in [0.05, 0.1) is 29.8 Å². The number of carbonyl (C=O) groups excluding carboxylic acids is 1. The van der Waals surface area contributed by atoms with Gasteiger partial charge in [-0.2, -0.15) is 13.2 Å². The Balaban J connectivity index is 0.000000166. The van der Waals surface area contributed by atoms with Crippen LogP contribution in [-0.4, -0.2) is 25.8 Å². The number of primary amides is 1. The van der Waals surface area contributed by atoms with E-state index >= 15 is 0 Å². The van der Waals surface area contributed by atoms with Crippen molar-refractivity contribution < 1.29 is 26.8 Å². The predicted molar refractivity (Wildman–Crippen MR) is 104 cm³/mol. The van der Waals surface area contributed by atoms with Crippen LogP contribution < -0.4 is 5.73 Å². The summed E-state index contributed by atoms with van der Waals surface area (Å²) in [7, 11) is 0. The number of nitrogens with two attached hydrogens (primary N) is 1. The molecule has 3 aromatic rings. The van der Waals surface area contributed by atoms with Gasteiger partial charge in [-0.05, 0) is 38.2 Å². The number of pyridine rings is 1. The van der Waals surface area contributed by atoms with Gasteiger partial charge in [0.25, 0.3) is 5.91 Å². The molecule has 2 N–H and O–H groups in total. The van der Waals surface area contributed by atoms with Crippen LogP contribution in [0.4, 0.5) is 17.6 Å². The molecule has 0 aliphatic heterocycles.